The van der Waals surface area contributed by atoms with Crippen molar-refractivity contribution in [3.8, 4) is 17.2 Å². The lowest BCUT2D eigenvalue weighted by Crippen LogP contribution is -2.34. The van der Waals surface area contributed by atoms with Gasteiger partial charge in [-0.25, -0.2) is 9.37 Å². The van der Waals surface area contributed by atoms with Gasteiger partial charge in [0.05, 0.1) is 16.3 Å². The number of halogens is 1. The highest BCUT2D eigenvalue weighted by atomic mass is 19.1. The van der Waals surface area contributed by atoms with Gasteiger partial charge in [-0.2, -0.15) is 5.26 Å². The van der Waals surface area contributed by atoms with Gasteiger partial charge < -0.3 is 5.32 Å². The highest BCUT2D eigenvalue weighted by Crippen LogP contribution is 2.26. The lowest BCUT2D eigenvalue weighted by atomic mass is 9.99. The average Bonchev–Trinajstić information content (AvgIpc) is 3.18. The second-order valence-corrected chi connectivity index (χ2v) is 7.94. The van der Waals surface area contributed by atoms with Crippen molar-refractivity contribution in [1.82, 2.24) is 9.38 Å². The zero-order valence-electron chi connectivity index (χ0n) is 18.1. The lowest BCUT2D eigenvalue weighted by molar-refractivity contribution is 0.628. The van der Waals surface area contributed by atoms with Crippen LogP contribution in [0.5, 0.6) is 0 Å². The van der Waals surface area contributed by atoms with Gasteiger partial charge in [-0.15, -0.1) is 0 Å². The molecule has 0 aliphatic carbocycles. The van der Waals surface area contributed by atoms with Crippen molar-refractivity contribution in [2.45, 2.75) is 13.8 Å². The number of aromatic nitrogens is 2. The summed E-state index contributed by atoms with van der Waals surface area (Å²) in [6.07, 6.45) is 1.57. The van der Waals surface area contributed by atoms with Crippen LogP contribution in [0, 0.1) is 31.0 Å². The Hall–Kier alpha value is -4.50. The summed E-state index contributed by atoms with van der Waals surface area (Å²) in [6.45, 7) is 3.97. The smallest absolute Gasteiger partial charge is 0.266 e. The van der Waals surface area contributed by atoms with Crippen molar-refractivity contribution < 1.29 is 4.39 Å². The summed E-state index contributed by atoms with van der Waals surface area (Å²) in [6, 6.07) is 21.3. The van der Waals surface area contributed by atoms with Crippen LogP contribution in [-0.2, 0) is 0 Å². The minimum atomic E-state index is -0.348. The zero-order valence-corrected chi connectivity index (χ0v) is 18.1. The van der Waals surface area contributed by atoms with E-state index < -0.39 is 0 Å². The molecule has 0 saturated carbocycles. The van der Waals surface area contributed by atoms with Crippen LogP contribution in [0.2, 0.25) is 0 Å². The van der Waals surface area contributed by atoms with Crippen molar-refractivity contribution in [1.29, 1.82) is 5.26 Å². The van der Waals surface area contributed by atoms with Crippen LogP contribution in [-0.4, -0.2) is 9.38 Å². The molecule has 160 valence electrons. The maximum atomic E-state index is 13.8. The predicted molar refractivity (Wildman–Crippen MR) is 128 cm³/mol. The minimum absolute atomic E-state index is 0.289. The van der Waals surface area contributed by atoms with E-state index in [1.165, 1.54) is 16.5 Å². The summed E-state index contributed by atoms with van der Waals surface area (Å²) in [5.41, 5.74) is 5.64. The molecule has 3 aromatic carbocycles. The summed E-state index contributed by atoms with van der Waals surface area (Å²) in [4.78, 5) is 18.5. The summed E-state index contributed by atoms with van der Waals surface area (Å²) in [7, 11) is 0. The number of nitrogens with one attached hydrogen (secondary N) is 1. The first-order chi connectivity index (χ1) is 16.0. The van der Waals surface area contributed by atoms with Crippen LogP contribution in [0.1, 0.15) is 16.7 Å². The van der Waals surface area contributed by atoms with Crippen LogP contribution in [0.15, 0.2) is 71.5 Å². The number of nitrogens with zero attached hydrogens (tertiary/aromatic N) is 3. The van der Waals surface area contributed by atoms with E-state index in [2.05, 4.69) is 16.4 Å². The number of rotatable bonds is 3. The van der Waals surface area contributed by atoms with Gasteiger partial charge in [-0.3, -0.25) is 9.20 Å². The van der Waals surface area contributed by atoms with Crippen LogP contribution in [0.3, 0.4) is 0 Å². The summed E-state index contributed by atoms with van der Waals surface area (Å²) >= 11 is 0. The van der Waals surface area contributed by atoms with Crippen molar-refractivity contribution >= 4 is 28.6 Å². The van der Waals surface area contributed by atoms with Crippen LogP contribution >= 0.6 is 0 Å². The van der Waals surface area contributed by atoms with E-state index in [0.29, 0.717) is 38.7 Å². The Labute approximate surface area is 189 Å². The molecule has 5 rings (SSSR count). The molecule has 0 unspecified atom stereocenters. The molecule has 2 aromatic heterocycles. The Morgan fingerprint density at radius 2 is 1.73 bits per heavy atom. The zero-order chi connectivity index (χ0) is 23.1. The fourth-order valence-electron chi connectivity index (χ4n) is 4.03. The minimum Gasteiger partial charge on any atom is -0.361 e. The van der Waals surface area contributed by atoms with E-state index in [-0.39, 0.29) is 11.4 Å². The number of anilines is 1. The van der Waals surface area contributed by atoms with Crippen molar-refractivity contribution in [2.24, 2.45) is 0 Å². The molecule has 0 radical (unpaired) electrons. The molecule has 33 heavy (non-hydrogen) atoms. The molecule has 5 nitrogen and oxygen atoms in total. The highest BCUT2D eigenvalue weighted by Gasteiger charge is 2.20. The molecule has 0 aliphatic heterocycles. The van der Waals surface area contributed by atoms with Gasteiger partial charge in [0.25, 0.3) is 5.56 Å². The third-order valence-electron chi connectivity index (χ3n) is 5.85. The quantitative estimate of drug-likeness (QED) is 0.446. The molecule has 0 amide bonds. The SMILES string of the molecule is Cc1cc2nc3c(C#N)c(-c4ccccc4)/c(=C/Nc4ccc(F)cc4)c(=O)n3c2cc1C. The van der Waals surface area contributed by atoms with Crippen LogP contribution < -0.4 is 16.1 Å². The molecule has 1 N–H and O–H groups in total. The molecule has 2 heterocycles. The van der Waals surface area contributed by atoms with E-state index in [1.807, 2.05) is 56.3 Å². The maximum Gasteiger partial charge on any atom is 0.266 e. The molecule has 6 heteroatoms. The average molecular weight is 434 g/mol. The largest absolute Gasteiger partial charge is 0.361 e. The first-order valence-electron chi connectivity index (χ1n) is 10.4. The first kappa shape index (κ1) is 20.4. The normalized spacial score (nSPS) is 11.8. The number of aryl methyl sites for hydroxylation is 2. The fraction of sp³-hybridized carbons (Fsp3) is 0.0741. The Morgan fingerprint density at radius 3 is 2.42 bits per heavy atom. The van der Waals surface area contributed by atoms with Crippen LogP contribution in [0.25, 0.3) is 34.0 Å². The molecule has 0 atom stereocenters. The van der Waals surface area contributed by atoms with Crippen molar-refractivity contribution in [2.75, 3.05) is 5.32 Å². The monoisotopic (exact) mass is 434 g/mol. The van der Waals surface area contributed by atoms with E-state index >= 15 is 0 Å². The molecule has 5 aromatic rings. The van der Waals surface area contributed by atoms with E-state index in [4.69, 9.17) is 0 Å². The molecule has 0 bridgehead atoms. The predicted octanol–water partition coefficient (Wildman–Crippen LogP) is 4.71. The number of hydrogen-bond acceptors (Lipinski definition) is 4. The number of nitriles is 1. The van der Waals surface area contributed by atoms with E-state index in [9.17, 15) is 14.4 Å². The highest BCUT2D eigenvalue weighted by molar-refractivity contribution is 5.88. The van der Waals surface area contributed by atoms with E-state index in [1.54, 1.807) is 18.3 Å². The van der Waals surface area contributed by atoms with Gasteiger partial charge in [-0.05, 0) is 66.9 Å². The molecule has 0 spiro atoms. The second kappa shape index (κ2) is 7.88. The number of imidazole rings is 1. The van der Waals surface area contributed by atoms with Gasteiger partial charge in [0, 0.05) is 17.5 Å². The number of hydrogen-bond donors (Lipinski definition) is 1. The van der Waals surface area contributed by atoms with Gasteiger partial charge in [0.15, 0.2) is 5.65 Å². The Kier molecular flexibility index (Phi) is 4.87. The maximum absolute atomic E-state index is 13.8. The molecular weight excluding hydrogens is 415 g/mol. The third kappa shape index (κ3) is 3.40. The number of benzene rings is 3. The molecular formula is C27H19FN4O. The number of pyridine rings is 1. The first-order valence-corrected chi connectivity index (χ1v) is 10.4. The van der Waals surface area contributed by atoms with Gasteiger partial charge in [0.2, 0.25) is 0 Å². The second-order valence-electron chi connectivity index (χ2n) is 7.94. The third-order valence-corrected chi connectivity index (χ3v) is 5.85. The lowest BCUT2D eigenvalue weighted by Gasteiger charge is -2.09. The summed E-state index contributed by atoms with van der Waals surface area (Å²) in [5, 5.41) is 13.6. The standard InChI is InChI=1S/C27H19FN4O/c1-16-12-23-24(13-17(16)2)32-26(31-23)21(14-29)25(18-6-4-3-5-7-18)22(27(32)33)15-30-20-10-8-19(28)9-11-20/h3-13,15,30H,1-2H3/b22-15-. The van der Waals surface area contributed by atoms with Crippen molar-refractivity contribution in [3.05, 3.63) is 105 Å². The summed E-state index contributed by atoms with van der Waals surface area (Å²) in [5.74, 6) is -0.348. The Bertz CT molecular complexity index is 1680. The summed E-state index contributed by atoms with van der Waals surface area (Å²) < 4.78 is 14.8. The number of fused-ring (bicyclic) bond motifs is 3. The molecule has 0 fully saturated rings. The van der Waals surface area contributed by atoms with E-state index in [0.717, 1.165) is 16.7 Å². The van der Waals surface area contributed by atoms with Crippen molar-refractivity contribution in [3.63, 3.8) is 0 Å². The van der Waals surface area contributed by atoms with Crippen LogP contribution in [0.4, 0.5) is 10.1 Å². The molecule has 0 saturated heterocycles. The Morgan fingerprint density at radius 1 is 1.03 bits per heavy atom. The van der Waals surface area contributed by atoms with Gasteiger partial charge >= 0.3 is 0 Å². The topological polar surface area (TPSA) is 70.2 Å². The van der Waals surface area contributed by atoms with Gasteiger partial charge in [-0.1, -0.05) is 30.3 Å². The van der Waals surface area contributed by atoms with Gasteiger partial charge in [0.1, 0.15) is 17.4 Å². The Balaban J connectivity index is 1.91. The molecule has 0 aliphatic rings. The fourth-order valence-corrected chi connectivity index (χ4v) is 4.03.